The van der Waals surface area contributed by atoms with Gasteiger partial charge in [-0.2, -0.15) is 0 Å². The molecule has 0 unspecified atom stereocenters. The second-order valence-electron chi connectivity index (χ2n) is 1.64. The van der Waals surface area contributed by atoms with Gasteiger partial charge >= 0.3 is 36.6 Å². The predicted molar refractivity (Wildman–Crippen MR) is 40.5 cm³/mol. The van der Waals surface area contributed by atoms with Crippen LogP contribution in [0.1, 0.15) is 2.85 Å². The van der Waals surface area contributed by atoms with Gasteiger partial charge in [-0.25, -0.2) is 0 Å². The van der Waals surface area contributed by atoms with Crippen molar-refractivity contribution in [1.29, 1.82) is 0 Å². The van der Waals surface area contributed by atoms with Gasteiger partial charge in [-0.05, 0) is 0 Å². The van der Waals surface area contributed by atoms with E-state index >= 15 is 0 Å². The van der Waals surface area contributed by atoms with Crippen LogP contribution in [0.15, 0.2) is 0 Å². The van der Waals surface area contributed by atoms with Gasteiger partial charge in [0.2, 0.25) is 0 Å². The van der Waals surface area contributed by atoms with Gasteiger partial charge < -0.3 is 17.7 Å². The summed E-state index contributed by atoms with van der Waals surface area (Å²) in [5, 5.41) is 10.1. The zero-order chi connectivity index (χ0) is 8.20. The van der Waals surface area contributed by atoms with Gasteiger partial charge in [-0.1, -0.05) is 0 Å². The van der Waals surface area contributed by atoms with E-state index in [0.717, 1.165) is 0 Å². The number of carboxylic acid groups (broad SMARTS) is 1. The summed E-state index contributed by atoms with van der Waals surface area (Å²) in [7, 11) is -4.10. The Bertz CT molecular complexity index is 175. The number of rotatable bonds is 4. The molecule has 0 aromatic carbocycles. The first-order valence-corrected chi connectivity index (χ1v) is 4.18. The Morgan fingerprint density at radius 3 is 2.27 bits per heavy atom. The summed E-state index contributed by atoms with van der Waals surface area (Å²) < 4.78 is 10.1. The Hall–Kier alpha value is 0.346. The third-order valence-electron chi connectivity index (χ3n) is 0.594. The maximum atomic E-state index is 10.1. The number of hydrogen-bond acceptors (Lipinski definition) is 3. The van der Waals surface area contributed by atoms with Gasteiger partial charge in [0.25, 0.3) is 0 Å². The van der Waals surface area contributed by atoms with Crippen LogP contribution in [0, 0.1) is 0 Å². The molecule has 64 valence electrons. The first-order valence-electron chi connectivity index (χ1n) is 2.39. The summed E-state index contributed by atoms with van der Waals surface area (Å²) >= 11 is 0. The summed E-state index contributed by atoms with van der Waals surface area (Å²) in [4.78, 5) is 26.1. The standard InChI is InChI=1S/C3H8NO5P.Mg.2H/c5-3(6)1-4-2-10(7,8)9;;;/h4H,1-2H2,(H,5,6)(H2,7,8,9);;;/q;+2;2*-1. The van der Waals surface area contributed by atoms with Crippen molar-refractivity contribution in [2.45, 2.75) is 0 Å². The van der Waals surface area contributed by atoms with Gasteiger partial charge in [-0.15, -0.1) is 0 Å². The molecule has 0 spiro atoms. The van der Waals surface area contributed by atoms with Crippen molar-refractivity contribution in [3.63, 3.8) is 0 Å². The topological polar surface area (TPSA) is 107 Å². The van der Waals surface area contributed by atoms with E-state index in [9.17, 15) is 9.36 Å². The molecule has 0 aromatic heterocycles. The average Bonchev–Trinajstić information content (AvgIpc) is 1.59. The van der Waals surface area contributed by atoms with Crippen LogP contribution in [0.3, 0.4) is 0 Å². The van der Waals surface area contributed by atoms with E-state index in [2.05, 4.69) is 5.32 Å². The molecule has 0 heterocycles. The van der Waals surface area contributed by atoms with Crippen molar-refractivity contribution >= 4 is 36.6 Å². The van der Waals surface area contributed by atoms with E-state index in [1.54, 1.807) is 0 Å². The number of aliphatic carboxylic acids is 1. The molecule has 0 saturated heterocycles. The summed E-state index contributed by atoms with van der Waals surface area (Å²) in [5.41, 5.74) is 0. The van der Waals surface area contributed by atoms with Crippen molar-refractivity contribution in [3.8, 4) is 0 Å². The Labute approximate surface area is 82.3 Å². The summed E-state index contributed by atoms with van der Waals surface area (Å²) in [6, 6.07) is 0. The maximum absolute atomic E-state index is 10.1. The van der Waals surface area contributed by atoms with Crippen LogP contribution < -0.4 is 5.32 Å². The van der Waals surface area contributed by atoms with E-state index < -0.39 is 26.4 Å². The number of hydrogen-bond donors (Lipinski definition) is 4. The third-order valence-corrected chi connectivity index (χ3v) is 1.23. The van der Waals surface area contributed by atoms with Crippen molar-refractivity contribution in [1.82, 2.24) is 5.32 Å². The van der Waals surface area contributed by atoms with Gasteiger partial charge in [0.15, 0.2) is 0 Å². The maximum Gasteiger partial charge on any atom is 2.00 e. The quantitative estimate of drug-likeness (QED) is 0.326. The fourth-order valence-electron chi connectivity index (χ4n) is 0.308. The van der Waals surface area contributed by atoms with Crippen LogP contribution in [-0.4, -0.2) is 56.7 Å². The number of carboxylic acids is 1. The zero-order valence-electron chi connectivity index (χ0n) is 7.73. The summed E-state index contributed by atoms with van der Waals surface area (Å²) in [5.74, 6) is -1.14. The molecular weight excluding hydrogens is 185 g/mol. The van der Waals surface area contributed by atoms with Crippen LogP contribution in [0.4, 0.5) is 0 Å². The molecule has 0 aromatic rings. The summed E-state index contributed by atoms with van der Waals surface area (Å²) in [6.45, 7) is -0.439. The monoisotopic (exact) mass is 195 g/mol. The van der Waals surface area contributed by atoms with Crippen LogP contribution in [0.25, 0.3) is 0 Å². The van der Waals surface area contributed by atoms with Crippen molar-refractivity contribution in [2.24, 2.45) is 0 Å². The molecule has 0 atom stereocenters. The first-order chi connectivity index (χ1) is 4.42. The molecule has 0 fully saturated rings. The fraction of sp³-hybridized carbons (Fsp3) is 0.667. The molecule has 11 heavy (non-hydrogen) atoms. The third kappa shape index (κ3) is 13.4. The van der Waals surface area contributed by atoms with Crippen molar-refractivity contribution < 1.29 is 27.1 Å². The molecule has 0 amide bonds. The van der Waals surface area contributed by atoms with Crippen molar-refractivity contribution in [3.05, 3.63) is 0 Å². The Balaban J connectivity index is -0.000000135. The minimum Gasteiger partial charge on any atom is -1.00 e. The smallest absolute Gasteiger partial charge is 1.00 e. The molecule has 8 heteroatoms. The average molecular weight is 195 g/mol. The van der Waals surface area contributed by atoms with E-state index in [4.69, 9.17) is 14.9 Å². The molecule has 0 aliphatic carbocycles. The SMILES string of the molecule is O=C(O)CNCP(=O)(O)O.[H-].[H-].[Mg+2]. The van der Waals surface area contributed by atoms with Crippen LogP contribution in [0.2, 0.25) is 0 Å². The molecule has 0 aliphatic heterocycles. The summed E-state index contributed by atoms with van der Waals surface area (Å²) in [6.07, 6.45) is -0.598. The fourth-order valence-corrected chi connectivity index (χ4v) is 0.712. The largest absolute Gasteiger partial charge is 2.00 e. The second-order valence-corrected chi connectivity index (χ2v) is 3.29. The Morgan fingerprint density at radius 1 is 1.55 bits per heavy atom. The Kier molecular flexibility index (Phi) is 7.49. The van der Waals surface area contributed by atoms with E-state index in [0.29, 0.717) is 0 Å². The van der Waals surface area contributed by atoms with E-state index in [-0.39, 0.29) is 25.9 Å². The van der Waals surface area contributed by atoms with Gasteiger partial charge in [0.05, 0.1) is 12.8 Å². The molecule has 4 N–H and O–H groups in total. The van der Waals surface area contributed by atoms with E-state index in [1.807, 2.05) is 0 Å². The van der Waals surface area contributed by atoms with Gasteiger partial charge in [0, 0.05) is 0 Å². The first kappa shape index (κ1) is 13.9. The molecule has 0 bridgehead atoms. The van der Waals surface area contributed by atoms with Gasteiger partial charge in [0.1, 0.15) is 0 Å². The van der Waals surface area contributed by atoms with Crippen LogP contribution in [-0.2, 0) is 9.36 Å². The zero-order valence-corrected chi connectivity index (χ0v) is 8.04. The molecule has 0 saturated carbocycles. The molecule has 0 rings (SSSR count). The molecule has 0 aliphatic rings. The molecular formula is C3H10MgNO5P. The van der Waals surface area contributed by atoms with E-state index in [1.165, 1.54) is 0 Å². The minimum absolute atomic E-state index is 0. The Morgan fingerprint density at radius 2 is 2.00 bits per heavy atom. The number of carbonyl (C=O) groups is 1. The molecule has 6 nitrogen and oxygen atoms in total. The minimum atomic E-state index is -4.10. The molecule has 0 radical (unpaired) electrons. The van der Waals surface area contributed by atoms with Crippen molar-refractivity contribution in [2.75, 3.05) is 12.8 Å². The van der Waals surface area contributed by atoms with Gasteiger partial charge in [-0.3, -0.25) is 14.7 Å². The number of nitrogens with one attached hydrogen (secondary N) is 1. The second kappa shape index (κ2) is 5.93. The van der Waals surface area contributed by atoms with Crippen LogP contribution >= 0.6 is 7.60 Å². The van der Waals surface area contributed by atoms with Crippen LogP contribution in [0.5, 0.6) is 0 Å². The predicted octanol–water partition coefficient (Wildman–Crippen LogP) is -1.36. The normalized spacial score (nSPS) is 10.4.